The van der Waals surface area contributed by atoms with Gasteiger partial charge in [-0.2, -0.15) is 0 Å². The summed E-state index contributed by atoms with van der Waals surface area (Å²) in [7, 11) is 0. The second-order valence-electron chi connectivity index (χ2n) is 11.9. The SMILES string of the molecule is CC/C=C\C/C=C\C/C=C\CCCCCCCC(=O)C(O)(C(O)C(=O)CCCCCCC)C(O)C(=O)CCCCCCC. The Labute approximate surface area is 263 Å². The number of hydrogen-bond acceptors (Lipinski definition) is 6. The number of rotatable bonds is 30. The molecule has 3 N–H and O–H groups in total. The van der Waals surface area contributed by atoms with E-state index in [0.29, 0.717) is 19.3 Å². The highest BCUT2D eigenvalue weighted by molar-refractivity contribution is 6.01. The lowest BCUT2D eigenvalue weighted by molar-refractivity contribution is -0.181. The van der Waals surface area contributed by atoms with Crippen LogP contribution in [0.5, 0.6) is 0 Å². The molecule has 0 aliphatic carbocycles. The van der Waals surface area contributed by atoms with E-state index < -0.39 is 35.2 Å². The van der Waals surface area contributed by atoms with Crippen molar-refractivity contribution in [1.29, 1.82) is 0 Å². The summed E-state index contributed by atoms with van der Waals surface area (Å²) in [5, 5.41) is 33.0. The standard InChI is InChI=1S/C37H64O6/c1-4-7-10-13-14-15-16-17-18-19-20-21-22-25-28-31-34(40)37(43,35(41)32(38)29-26-23-11-8-5-2)36(42)33(39)30-27-24-12-9-6-3/h7,10,14-15,17-18,35-36,41-43H,4-6,8-9,11-13,16,19-31H2,1-3H3/b10-7-,15-14-,18-17-. The summed E-state index contributed by atoms with van der Waals surface area (Å²) in [6.45, 7) is 6.31. The fourth-order valence-corrected chi connectivity index (χ4v) is 5.13. The molecule has 6 heteroatoms. The highest BCUT2D eigenvalue weighted by atomic mass is 16.4. The molecule has 0 saturated carbocycles. The van der Waals surface area contributed by atoms with E-state index in [4.69, 9.17) is 0 Å². The second-order valence-corrected chi connectivity index (χ2v) is 11.9. The number of carbonyl (C=O) groups is 3. The van der Waals surface area contributed by atoms with Crippen molar-refractivity contribution in [2.75, 3.05) is 0 Å². The van der Waals surface area contributed by atoms with Crippen LogP contribution < -0.4 is 0 Å². The van der Waals surface area contributed by atoms with Crippen LogP contribution in [0.15, 0.2) is 36.5 Å². The summed E-state index contributed by atoms with van der Waals surface area (Å²) in [5.74, 6) is -2.22. The highest BCUT2D eigenvalue weighted by Gasteiger charge is 2.53. The van der Waals surface area contributed by atoms with E-state index in [2.05, 4.69) is 57.2 Å². The molecular weight excluding hydrogens is 540 g/mol. The summed E-state index contributed by atoms with van der Waals surface area (Å²) in [6.07, 6.45) is 25.7. The van der Waals surface area contributed by atoms with Crippen molar-refractivity contribution in [3.05, 3.63) is 36.5 Å². The van der Waals surface area contributed by atoms with E-state index in [-0.39, 0.29) is 19.3 Å². The summed E-state index contributed by atoms with van der Waals surface area (Å²) in [4.78, 5) is 38.8. The number of carbonyl (C=O) groups excluding carboxylic acids is 3. The number of aliphatic hydroxyl groups excluding tert-OH is 2. The molecule has 43 heavy (non-hydrogen) atoms. The monoisotopic (exact) mass is 604 g/mol. The van der Waals surface area contributed by atoms with Gasteiger partial charge in [0.15, 0.2) is 35.2 Å². The maximum atomic E-state index is 13.2. The van der Waals surface area contributed by atoms with Crippen LogP contribution in [0.25, 0.3) is 0 Å². The highest BCUT2D eigenvalue weighted by Crippen LogP contribution is 2.26. The fourth-order valence-electron chi connectivity index (χ4n) is 5.13. The summed E-state index contributed by atoms with van der Waals surface area (Å²) in [5.41, 5.74) is -2.80. The molecule has 6 nitrogen and oxygen atoms in total. The van der Waals surface area contributed by atoms with Crippen molar-refractivity contribution in [1.82, 2.24) is 0 Å². The van der Waals surface area contributed by atoms with Gasteiger partial charge >= 0.3 is 0 Å². The van der Waals surface area contributed by atoms with Gasteiger partial charge in [-0.1, -0.05) is 128 Å². The third-order valence-corrected chi connectivity index (χ3v) is 8.00. The predicted molar refractivity (Wildman–Crippen MR) is 178 cm³/mol. The first kappa shape index (κ1) is 41.1. The predicted octanol–water partition coefficient (Wildman–Crippen LogP) is 8.46. The third-order valence-electron chi connectivity index (χ3n) is 8.00. The van der Waals surface area contributed by atoms with Crippen LogP contribution in [0, 0.1) is 0 Å². The Hall–Kier alpha value is -1.89. The molecule has 0 bridgehead atoms. The lowest BCUT2D eigenvalue weighted by Gasteiger charge is -2.34. The molecule has 0 spiro atoms. The molecule has 0 amide bonds. The average Bonchev–Trinajstić information content (AvgIpc) is 3.01. The number of hydrogen-bond donors (Lipinski definition) is 3. The molecule has 0 aliphatic heterocycles. The maximum absolute atomic E-state index is 13.2. The van der Waals surface area contributed by atoms with E-state index >= 15 is 0 Å². The lowest BCUT2D eigenvalue weighted by Crippen LogP contribution is -2.63. The van der Waals surface area contributed by atoms with Gasteiger partial charge in [-0.05, 0) is 51.4 Å². The first-order chi connectivity index (χ1) is 20.8. The number of ketones is 3. The molecule has 0 saturated heterocycles. The van der Waals surface area contributed by atoms with Crippen molar-refractivity contribution in [3.8, 4) is 0 Å². The summed E-state index contributed by atoms with van der Waals surface area (Å²) >= 11 is 0. The molecule has 0 aromatic carbocycles. The largest absolute Gasteiger partial charge is 0.382 e. The van der Waals surface area contributed by atoms with Crippen LogP contribution in [-0.4, -0.2) is 50.5 Å². The van der Waals surface area contributed by atoms with Gasteiger partial charge in [0.1, 0.15) is 0 Å². The van der Waals surface area contributed by atoms with E-state index in [9.17, 15) is 29.7 Å². The Morgan fingerprint density at radius 1 is 0.535 bits per heavy atom. The Morgan fingerprint density at radius 3 is 1.42 bits per heavy atom. The minimum atomic E-state index is -2.80. The minimum Gasteiger partial charge on any atom is -0.382 e. The topological polar surface area (TPSA) is 112 Å². The van der Waals surface area contributed by atoms with E-state index in [1.165, 1.54) is 0 Å². The van der Waals surface area contributed by atoms with Crippen LogP contribution in [-0.2, 0) is 14.4 Å². The number of unbranched alkanes of at least 4 members (excludes halogenated alkanes) is 13. The first-order valence-electron chi connectivity index (χ1n) is 17.4. The molecule has 0 aromatic rings. The van der Waals surface area contributed by atoms with Crippen molar-refractivity contribution < 1.29 is 29.7 Å². The zero-order valence-electron chi connectivity index (χ0n) is 27.7. The Balaban J connectivity index is 4.83. The number of Topliss-reactive ketones (excluding diaryl/α,β-unsaturated/α-hetero) is 3. The zero-order chi connectivity index (χ0) is 32.2. The fraction of sp³-hybridized carbons (Fsp3) is 0.757. The number of allylic oxidation sites excluding steroid dienone is 6. The lowest BCUT2D eigenvalue weighted by atomic mass is 9.78. The van der Waals surface area contributed by atoms with Crippen molar-refractivity contribution in [3.63, 3.8) is 0 Å². The molecule has 0 fully saturated rings. The summed E-state index contributed by atoms with van der Waals surface area (Å²) < 4.78 is 0. The van der Waals surface area contributed by atoms with E-state index in [0.717, 1.165) is 103 Å². The van der Waals surface area contributed by atoms with E-state index in [1.54, 1.807) is 0 Å². The van der Waals surface area contributed by atoms with Crippen molar-refractivity contribution in [2.24, 2.45) is 0 Å². The quantitative estimate of drug-likeness (QED) is 0.0560. The Morgan fingerprint density at radius 2 is 0.930 bits per heavy atom. The van der Waals surface area contributed by atoms with Gasteiger partial charge < -0.3 is 15.3 Å². The van der Waals surface area contributed by atoms with Gasteiger partial charge in [0.2, 0.25) is 0 Å². The van der Waals surface area contributed by atoms with Crippen LogP contribution in [0.2, 0.25) is 0 Å². The molecule has 248 valence electrons. The van der Waals surface area contributed by atoms with Gasteiger partial charge in [0.25, 0.3) is 0 Å². The van der Waals surface area contributed by atoms with Crippen molar-refractivity contribution in [2.45, 2.75) is 180 Å². The molecule has 2 atom stereocenters. The van der Waals surface area contributed by atoms with Gasteiger partial charge in [-0.25, -0.2) is 0 Å². The van der Waals surface area contributed by atoms with Gasteiger partial charge in [-0.3, -0.25) is 14.4 Å². The Kier molecular flexibility index (Phi) is 26.4. The maximum Gasteiger partial charge on any atom is 0.189 e. The molecule has 2 unspecified atom stereocenters. The minimum absolute atomic E-state index is 0.000560. The van der Waals surface area contributed by atoms with Gasteiger partial charge in [0.05, 0.1) is 0 Å². The van der Waals surface area contributed by atoms with Crippen LogP contribution in [0.3, 0.4) is 0 Å². The second kappa shape index (κ2) is 27.6. The van der Waals surface area contributed by atoms with Crippen LogP contribution in [0.1, 0.15) is 162 Å². The van der Waals surface area contributed by atoms with Gasteiger partial charge in [0, 0.05) is 19.3 Å². The third kappa shape index (κ3) is 19.2. The normalized spacial score (nSPS) is 14.9. The molecule has 0 rings (SSSR count). The number of aliphatic hydroxyl groups is 3. The first-order valence-corrected chi connectivity index (χ1v) is 17.4. The van der Waals surface area contributed by atoms with Crippen LogP contribution in [0.4, 0.5) is 0 Å². The smallest absolute Gasteiger partial charge is 0.189 e. The molecule has 0 heterocycles. The van der Waals surface area contributed by atoms with Crippen LogP contribution >= 0.6 is 0 Å². The Bertz CT molecular complexity index is 780. The molecule has 0 radical (unpaired) electrons. The zero-order valence-corrected chi connectivity index (χ0v) is 27.7. The van der Waals surface area contributed by atoms with E-state index in [1.807, 2.05) is 0 Å². The van der Waals surface area contributed by atoms with Crippen molar-refractivity contribution >= 4 is 17.3 Å². The molecule has 0 aromatic heterocycles. The molecular formula is C37H64O6. The van der Waals surface area contributed by atoms with Gasteiger partial charge in [-0.15, -0.1) is 0 Å². The molecule has 0 aliphatic rings. The average molecular weight is 605 g/mol. The summed E-state index contributed by atoms with van der Waals surface area (Å²) in [6, 6.07) is 0.